The molecular formula is C14H26O3S. The highest BCUT2D eigenvalue weighted by molar-refractivity contribution is 7.90. The summed E-state index contributed by atoms with van der Waals surface area (Å²) in [4.78, 5) is 0. The maximum absolute atomic E-state index is 11.1. The molecule has 4 heteroatoms. The lowest BCUT2D eigenvalue weighted by atomic mass is 9.67. The van der Waals surface area contributed by atoms with Gasteiger partial charge in [0.1, 0.15) is 9.84 Å². The lowest BCUT2D eigenvalue weighted by Gasteiger charge is -2.42. The summed E-state index contributed by atoms with van der Waals surface area (Å²) < 4.78 is 22.2. The minimum absolute atomic E-state index is 0.209. The first-order chi connectivity index (χ1) is 8.33. The molecule has 106 valence electrons. The van der Waals surface area contributed by atoms with E-state index in [1.165, 1.54) is 31.9 Å². The molecule has 1 N–H and O–H groups in total. The molecule has 0 saturated heterocycles. The first-order valence-corrected chi connectivity index (χ1v) is 9.29. The van der Waals surface area contributed by atoms with Gasteiger partial charge in [-0.1, -0.05) is 12.8 Å². The molecule has 2 saturated carbocycles. The third-order valence-electron chi connectivity index (χ3n) is 5.06. The lowest BCUT2D eigenvalue weighted by molar-refractivity contribution is -0.0390. The van der Waals surface area contributed by atoms with Gasteiger partial charge in [-0.05, 0) is 56.8 Å². The van der Waals surface area contributed by atoms with Gasteiger partial charge < -0.3 is 5.11 Å². The van der Waals surface area contributed by atoms with Crippen LogP contribution >= 0.6 is 0 Å². The topological polar surface area (TPSA) is 54.4 Å². The highest BCUT2D eigenvalue weighted by Gasteiger charge is 2.42. The van der Waals surface area contributed by atoms with Gasteiger partial charge in [0, 0.05) is 12.0 Å². The highest BCUT2D eigenvalue weighted by atomic mass is 32.2. The molecule has 2 fully saturated rings. The molecule has 0 aromatic carbocycles. The molecule has 1 spiro atoms. The summed E-state index contributed by atoms with van der Waals surface area (Å²) >= 11 is 0. The van der Waals surface area contributed by atoms with Gasteiger partial charge in [0.25, 0.3) is 0 Å². The molecule has 0 amide bonds. The predicted octanol–water partition coefficient (Wildman–Crippen LogP) is 2.68. The van der Waals surface area contributed by atoms with Crippen molar-refractivity contribution in [2.75, 3.05) is 12.0 Å². The SMILES string of the molecule is CS(=O)(=O)CCCC1(O)CCC2(CCCC2)CC1. The molecule has 0 aromatic heterocycles. The average Bonchev–Trinajstić information content (AvgIpc) is 2.71. The number of sulfone groups is 1. The van der Waals surface area contributed by atoms with E-state index in [9.17, 15) is 13.5 Å². The number of hydrogen-bond acceptors (Lipinski definition) is 3. The van der Waals surface area contributed by atoms with Crippen molar-refractivity contribution in [1.82, 2.24) is 0 Å². The Morgan fingerprint density at radius 2 is 1.56 bits per heavy atom. The molecule has 2 aliphatic rings. The predicted molar refractivity (Wildman–Crippen MR) is 73.3 cm³/mol. The Morgan fingerprint density at radius 3 is 2.06 bits per heavy atom. The van der Waals surface area contributed by atoms with Gasteiger partial charge in [-0.3, -0.25) is 0 Å². The second kappa shape index (κ2) is 5.12. The van der Waals surface area contributed by atoms with Crippen LogP contribution in [0.1, 0.15) is 64.2 Å². The maximum atomic E-state index is 11.1. The van der Waals surface area contributed by atoms with Crippen molar-refractivity contribution >= 4 is 9.84 Å². The Labute approximate surface area is 111 Å². The molecular weight excluding hydrogens is 248 g/mol. The molecule has 0 aromatic rings. The van der Waals surface area contributed by atoms with E-state index in [4.69, 9.17) is 0 Å². The van der Waals surface area contributed by atoms with Crippen molar-refractivity contribution in [3.8, 4) is 0 Å². The van der Waals surface area contributed by atoms with E-state index in [-0.39, 0.29) is 5.75 Å². The summed E-state index contributed by atoms with van der Waals surface area (Å²) in [5.41, 5.74) is -0.0540. The largest absolute Gasteiger partial charge is 0.390 e. The van der Waals surface area contributed by atoms with Crippen molar-refractivity contribution in [3.63, 3.8) is 0 Å². The number of rotatable bonds is 4. The molecule has 18 heavy (non-hydrogen) atoms. The summed E-state index contributed by atoms with van der Waals surface area (Å²) in [6, 6.07) is 0. The van der Waals surface area contributed by atoms with Crippen molar-refractivity contribution in [2.45, 2.75) is 69.8 Å². The Morgan fingerprint density at radius 1 is 1.00 bits per heavy atom. The average molecular weight is 274 g/mol. The van der Waals surface area contributed by atoms with Crippen molar-refractivity contribution in [2.24, 2.45) is 5.41 Å². The fourth-order valence-corrected chi connectivity index (χ4v) is 4.45. The van der Waals surface area contributed by atoms with Crippen LogP contribution in [0.4, 0.5) is 0 Å². The summed E-state index contributed by atoms with van der Waals surface area (Å²) in [7, 11) is -2.88. The molecule has 0 bridgehead atoms. The van der Waals surface area contributed by atoms with Gasteiger partial charge in [0.2, 0.25) is 0 Å². The smallest absolute Gasteiger partial charge is 0.147 e. The van der Waals surface area contributed by atoms with Crippen molar-refractivity contribution in [1.29, 1.82) is 0 Å². The number of aliphatic hydroxyl groups is 1. The first-order valence-electron chi connectivity index (χ1n) is 7.23. The zero-order valence-electron chi connectivity index (χ0n) is 11.5. The van der Waals surface area contributed by atoms with E-state index in [2.05, 4.69) is 0 Å². The quantitative estimate of drug-likeness (QED) is 0.857. The van der Waals surface area contributed by atoms with Crippen molar-refractivity contribution < 1.29 is 13.5 Å². The zero-order valence-corrected chi connectivity index (χ0v) is 12.3. The molecule has 0 unspecified atom stereocenters. The minimum Gasteiger partial charge on any atom is -0.390 e. The Kier molecular flexibility index (Phi) is 4.07. The second-order valence-electron chi connectivity index (χ2n) is 6.66. The summed E-state index contributed by atoms with van der Waals surface area (Å²) in [5.74, 6) is 0.209. The van der Waals surface area contributed by atoms with Crippen LogP contribution in [0.2, 0.25) is 0 Å². The highest BCUT2D eigenvalue weighted by Crippen LogP contribution is 2.51. The standard InChI is InChI=1S/C14H26O3S/c1-18(16,17)12-4-7-14(15)10-8-13(9-11-14)5-2-3-6-13/h15H,2-12H2,1H3. The molecule has 0 aliphatic heterocycles. The Hall–Kier alpha value is -0.0900. The summed E-state index contributed by atoms with van der Waals surface area (Å²) in [6.07, 6.45) is 11.9. The van der Waals surface area contributed by atoms with Crippen LogP contribution in [0, 0.1) is 5.41 Å². The van der Waals surface area contributed by atoms with Gasteiger partial charge in [-0.15, -0.1) is 0 Å². The monoisotopic (exact) mass is 274 g/mol. The van der Waals surface area contributed by atoms with Crippen LogP contribution in [-0.4, -0.2) is 31.1 Å². The fraction of sp³-hybridized carbons (Fsp3) is 1.00. The van der Waals surface area contributed by atoms with Gasteiger partial charge in [-0.2, -0.15) is 0 Å². The molecule has 0 heterocycles. The van der Waals surface area contributed by atoms with E-state index >= 15 is 0 Å². The summed E-state index contributed by atoms with van der Waals surface area (Å²) in [5, 5.41) is 10.5. The molecule has 0 radical (unpaired) electrons. The van der Waals surface area contributed by atoms with Crippen LogP contribution < -0.4 is 0 Å². The third-order valence-corrected chi connectivity index (χ3v) is 6.09. The first kappa shape index (κ1) is 14.3. The van der Waals surface area contributed by atoms with Crippen LogP contribution in [-0.2, 0) is 9.84 Å². The zero-order chi connectivity index (χ0) is 13.3. The van der Waals surface area contributed by atoms with Crippen LogP contribution in [0.15, 0.2) is 0 Å². The van der Waals surface area contributed by atoms with E-state index in [1.807, 2.05) is 0 Å². The van der Waals surface area contributed by atoms with Crippen LogP contribution in [0.5, 0.6) is 0 Å². The Bertz CT molecular complexity index is 370. The van der Waals surface area contributed by atoms with Gasteiger partial charge >= 0.3 is 0 Å². The minimum atomic E-state index is -2.88. The van der Waals surface area contributed by atoms with Gasteiger partial charge in [0.15, 0.2) is 0 Å². The molecule has 0 atom stereocenters. The van der Waals surface area contributed by atoms with E-state index in [1.54, 1.807) is 0 Å². The molecule has 2 aliphatic carbocycles. The third kappa shape index (κ3) is 3.70. The maximum Gasteiger partial charge on any atom is 0.147 e. The normalized spacial score (nSPS) is 26.6. The fourth-order valence-electron chi connectivity index (χ4n) is 3.78. The van der Waals surface area contributed by atoms with Crippen molar-refractivity contribution in [3.05, 3.63) is 0 Å². The van der Waals surface area contributed by atoms with Gasteiger partial charge in [0.05, 0.1) is 5.60 Å². The molecule has 2 rings (SSSR count). The lowest BCUT2D eigenvalue weighted by Crippen LogP contribution is -2.38. The van der Waals surface area contributed by atoms with E-state index in [0.29, 0.717) is 18.3 Å². The molecule has 3 nitrogen and oxygen atoms in total. The van der Waals surface area contributed by atoms with E-state index < -0.39 is 15.4 Å². The second-order valence-corrected chi connectivity index (χ2v) is 8.92. The summed E-state index contributed by atoms with van der Waals surface area (Å²) in [6.45, 7) is 0. The van der Waals surface area contributed by atoms with Crippen LogP contribution in [0.25, 0.3) is 0 Å². The van der Waals surface area contributed by atoms with E-state index in [0.717, 1.165) is 25.7 Å². The Balaban J connectivity index is 1.80. The number of hydrogen-bond donors (Lipinski definition) is 1. The van der Waals surface area contributed by atoms with Crippen LogP contribution in [0.3, 0.4) is 0 Å². The van der Waals surface area contributed by atoms with Gasteiger partial charge in [-0.25, -0.2) is 8.42 Å².